The Hall–Kier alpha value is -1.22. The van der Waals surface area contributed by atoms with Crippen LogP contribution in [-0.4, -0.2) is 12.3 Å². The van der Waals surface area contributed by atoms with Crippen LogP contribution in [0.3, 0.4) is 0 Å². The summed E-state index contributed by atoms with van der Waals surface area (Å²) in [5, 5.41) is 0. The van der Waals surface area contributed by atoms with Crippen LogP contribution < -0.4 is 5.73 Å². The molecule has 0 aliphatic heterocycles. The second-order valence-corrected chi connectivity index (χ2v) is 3.93. The van der Waals surface area contributed by atoms with Crippen LogP contribution in [0.1, 0.15) is 29.3 Å². The summed E-state index contributed by atoms with van der Waals surface area (Å²) >= 11 is 0. The van der Waals surface area contributed by atoms with Crippen molar-refractivity contribution in [3.8, 4) is 0 Å². The summed E-state index contributed by atoms with van der Waals surface area (Å²) in [7, 11) is 0. The van der Waals surface area contributed by atoms with E-state index in [0.717, 1.165) is 0 Å². The van der Waals surface area contributed by atoms with E-state index in [-0.39, 0.29) is 17.5 Å². The first kappa shape index (κ1) is 11.9. The minimum Gasteiger partial charge on any atom is -0.330 e. The van der Waals surface area contributed by atoms with Crippen molar-refractivity contribution >= 4 is 5.78 Å². The highest BCUT2D eigenvalue weighted by atomic mass is 19.1. The highest BCUT2D eigenvalue weighted by Crippen LogP contribution is 2.14. The molecule has 0 aromatic heterocycles. The number of nitrogens with two attached hydrogens (primary N) is 1. The second-order valence-electron chi connectivity index (χ2n) is 3.93. The monoisotopic (exact) mass is 209 g/mol. The molecule has 1 rings (SSSR count). The number of halogens is 1. The molecule has 0 saturated carbocycles. The number of aryl methyl sites for hydroxylation is 1. The molecule has 82 valence electrons. The number of Topliss-reactive ketones (excluding diaryl/α,β-unsaturated/α-hetero) is 1. The summed E-state index contributed by atoms with van der Waals surface area (Å²) in [6, 6.07) is 4.23. The Morgan fingerprint density at radius 2 is 2.20 bits per heavy atom. The number of ketones is 1. The smallest absolute Gasteiger partial charge is 0.163 e. The average molecular weight is 209 g/mol. The minimum absolute atomic E-state index is 0.0328. The number of rotatable bonds is 4. The SMILES string of the molecule is Cc1cc(F)ccc1C(=O)CC(C)CN. The van der Waals surface area contributed by atoms with E-state index in [1.54, 1.807) is 6.92 Å². The quantitative estimate of drug-likeness (QED) is 0.773. The van der Waals surface area contributed by atoms with Crippen molar-refractivity contribution in [3.05, 3.63) is 35.1 Å². The van der Waals surface area contributed by atoms with Crippen molar-refractivity contribution in [3.63, 3.8) is 0 Å². The number of benzene rings is 1. The normalized spacial score (nSPS) is 12.5. The molecule has 1 aromatic rings. The molecule has 2 N–H and O–H groups in total. The van der Waals surface area contributed by atoms with E-state index in [1.165, 1.54) is 18.2 Å². The lowest BCUT2D eigenvalue weighted by atomic mass is 9.97. The van der Waals surface area contributed by atoms with Gasteiger partial charge < -0.3 is 5.73 Å². The van der Waals surface area contributed by atoms with Crippen LogP contribution >= 0.6 is 0 Å². The number of carbonyl (C=O) groups excluding carboxylic acids is 1. The Labute approximate surface area is 89.3 Å². The first-order chi connectivity index (χ1) is 7.04. The second kappa shape index (κ2) is 5.03. The van der Waals surface area contributed by atoms with Crippen molar-refractivity contribution in [1.82, 2.24) is 0 Å². The first-order valence-electron chi connectivity index (χ1n) is 5.04. The topological polar surface area (TPSA) is 43.1 Å². The number of hydrogen-bond acceptors (Lipinski definition) is 2. The van der Waals surface area contributed by atoms with Crippen LogP contribution in [0.5, 0.6) is 0 Å². The zero-order valence-corrected chi connectivity index (χ0v) is 9.09. The van der Waals surface area contributed by atoms with E-state index in [4.69, 9.17) is 5.73 Å². The molecule has 0 heterocycles. The van der Waals surface area contributed by atoms with E-state index < -0.39 is 0 Å². The molecule has 0 spiro atoms. The van der Waals surface area contributed by atoms with E-state index in [1.807, 2.05) is 6.92 Å². The molecule has 0 bridgehead atoms. The minimum atomic E-state index is -0.309. The van der Waals surface area contributed by atoms with E-state index in [9.17, 15) is 9.18 Å². The maximum atomic E-state index is 12.8. The van der Waals surface area contributed by atoms with Crippen molar-refractivity contribution in [1.29, 1.82) is 0 Å². The van der Waals surface area contributed by atoms with Crippen LogP contribution in [-0.2, 0) is 0 Å². The summed E-state index contributed by atoms with van der Waals surface area (Å²) in [5.41, 5.74) is 6.73. The molecule has 1 unspecified atom stereocenters. The van der Waals surface area contributed by atoms with Gasteiger partial charge in [0, 0.05) is 12.0 Å². The fraction of sp³-hybridized carbons (Fsp3) is 0.417. The van der Waals surface area contributed by atoms with Crippen molar-refractivity contribution in [2.24, 2.45) is 11.7 Å². The van der Waals surface area contributed by atoms with Gasteiger partial charge in [-0.15, -0.1) is 0 Å². The van der Waals surface area contributed by atoms with Gasteiger partial charge in [-0.1, -0.05) is 6.92 Å². The van der Waals surface area contributed by atoms with Crippen molar-refractivity contribution < 1.29 is 9.18 Å². The van der Waals surface area contributed by atoms with Crippen molar-refractivity contribution in [2.75, 3.05) is 6.54 Å². The Bertz CT molecular complexity index is 363. The molecule has 0 aliphatic carbocycles. The Morgan fingerprint density at radius 1 is 1.53 bits per heavy atom. The maximum Gasteiger partial charge on any atom is 0.163 e. The molecule has 0 radical (unpaired) electrons. The largest absolute Gasteiger partial charge is 0.330 e. The molecule has 1 aromatic carbocycles. The van der Waals surface area contributed by atoms with Gasteiger partial charge >= 0.3 is 0 Å². The van der Waals surface area contributed by atoms with Gasteiger partial charge in [0.15, 0.2) is 5.78 Å². The lowest BCUT2D eigenvalue weighted by molar-refractivity contribution is 0.0965. The number of carbonyl (C=O) groups is 1. The molecule has 0 fully saturated rings. The molecular formula is C12H16FNO. The first-order valence-corrected chi connectivity index (χ1v) is 5.04. The molecule has 2 nitrogen and oxygen atoms in total. The molecule has 15 heavy (non-hydrogen) atoms. The zero-order chi connectivity index (χ0) is 11.4. The highest BCUT2D eigenvalue weighted by molar-refractivity contribution is 5.97. The summed E-state index contributed by atoms with van der Waals surface area (Å²) < 4.78 is 12.8. The Balaban J connectivity index is 2.82. The predicted octanol–water partition coefficient (Wildman–Crippen LogP) is 2.30. The highest BCUT2D eigenvalue weighted by Gasteiger charge is 2.12. The van der Waals surface area contributed by atoms with Gasteiger partial charge in [0.1, 0.15) is 5.82 Å². The van der Waals surface area contributed by atoms with Gasteiger partial charge in [-0.05, 0) is 43.1 Å². The predicted molar refractivity (Wildman–Crippen MR) is 58.3 cm³/mol. The Morgan fingerprint density at radius 3 is 2.73 bits per heavy atom. The summed E-state index contributed by atoms with van der Waals surface area (Å²) in [6.07, 6.45) is 0.420. The molecule has 0 amide bonds. The number of hydrogen-bond donors (Lipinski definition) is 1. The van der Waals surface area contributed by atoms with Gasteiger partial charge in [-0.3, -0.25) is 4.79 Å². The standard InChI is InChI=1S/C12H16FNO/c1-8(7-14)5-12(15)11-4-3-10(13)6-9(11)2/h3-4,6,8H,5,7,14H2,1-2H3. The third kappa shape index (κ3) is 3.13. The molecule has 0 aliphatic rings. The van der Waals surface area contributed by atoms with E-state index in [2.05, 4.69) is 0 Å². The fourth-order valence-electron chi connectivity index (χ4n) is 1.45. The van der Waals surface area contributed by atoms with Crippen LogP contribution in [0.4, 0.5) is 4.39 Å². The average Bonchev–Trinajstić information content (AvgIpc) is 2.17. The molecule has 1 atom stereocenters. The fourth-order valence-corrected chi connectivity index (χ4v) is 1.45. The molecular weight excluding hydrogens is 193 g/mol. The molecule has 3 heteroatoms. The summed E-state index contributed by atoms with van der Waals surface area (Å²) in [4.78, 5) is 11.8. The maximum absolute atomic E-state index is 12.8. The van der Waals surface area contributed by atoms with Crippen LogP contribution in [0.25, 0.3) is 0 Å². The van der Waals surface area contributed by atoms with Crippen LogP contribution in [0, 0.1) is 18.7 Å². The van der Waals surface area contributed by atoms with Crippen molar-refractivity contribution in [2.45, 2.75) is 20.3 Å². The van der Waals surface area contributed by atoms with E-state index in [0.29, 0.717) is 24.1 Å². The summed E-state index contributed by atoms with van der Waals surface area (Å²) in [6.45, 7) is 4.16. The third-order valence-electron chi connectivity index (χ3n) is 2.43. The lowest BCUT2D eigenvalue weighted by Gasteiger charge is -2.09. The van der Waals surface area contributed by atoms with Gasteiger partial charge in [0.05, 0.1) is 0 Å². The zero-order valence-electron chi connectivity index (χ0n) is 9.09. The van der Waals surface area contributed by atoms with Gasteiger partial charge in [-0.2, -0.15) is 0 Å². The third-order valence-corrected chi connectivity index (χ3v) is 2.43. The van der Waals surface area contributed by atoms with Crippen LogP contribution in [0.15, 0.2) is 18.2 Å². The van der Waals surface area contributed by atoms with Gasteiger partial charge in [0.25, 0.3) is 0 Å². The molecule has 0 saturated heterocycles. The van der Waals surface area contributed by atoms with Crippen LogP contribution in [0.2, 0.25) is 0 Å². The summed E-state index contributed by atoms with van der Waals surface area (Å²) in [5.74, 6) is -0.108. The van der Waals surface area contributed by atoms with Gasteiger partial charge in [-0.25, -0.2) is 4.39 Å². The van der Waals surface area contributed by atoms with Gasteiger partial charge in [0.2, 0.25) is 0 Å². The Kier molecular flexibility index (Phi) is 3.97. The van der Waals surface area contributed by atoms with E-state index >= 15 is 0 Å². The lowest BCUT2D eigenvalue weighted by Crippen LogP contribution is -2.15.